The van der Waals surface area contributed by atoms with Gasteiger partial charge in [-0.3, -0.25) is 10.1 Å². The molecule has 0 spiro atoms. The van der Waals surface area contributed by atoms with Crippen LogP contribution in [0.4, 0.5) is 10.1 Å². The Kier molecular flexibility index (Phi) is 4.31. The van der Waals surface area contributed by atoms with E-state index in [0.717, 1.165) is 31.0 Å². The standard InChI is InChI=1S/C11H14FN3O4S/c12-9-2-1-3-10(11(9)15(16)17)20(18,19)14-7-6-13-8-4-5-8/h1-3,8,13-14H,4-7H2. The van der Waals surface area contributed by atoms with Crippen LogP contribution >= 0.6 is 0 Å². The summed E-state index contributed by atoms with van der Waals surface area (Å²) in [4.78, 5) is 9.08. The normalized spacial score (nSPS) is 15.2. The molecule has 1 aliphatic carbocycles. The van der Waals surface area contributed by atoms with E-state index >= 15 is 0 Å². The molecule has 110 valence electrons. The first-order valence-corrected chi connectivity index (χ1v) is 7.56. The van der Waals surface area contributed by atoms with E-state index in [1.54, 1.807) is 0 Å². The van der Waals surface area contributed by atoms with Gasteiger partial charge in [0.15, 0.2) is 4.90 Å². The predicted octanol–water partition coefficient (Wildman–Crippen LogP) is 0.764. The van der Waals surface area contributed by atoms with Crippen LogP contribution < -0.4 is 10.0 Å². The molecule has 7 nitrogen and oxygen atoms in total. The van der Waals surface area contributed by atoms with E-state index in [2.05, 4.69) is 10.0 Å². The van der Waals surface area contributed by atoms with Gasteiger partial charge in [0.1, 0.15) is 0 Å². The molecular weight excluding hydrogens is 289 g/mol. The molecule has 0 atom stereocenters. The lowest BCUT2D eigenvalue weighted by atomic mass is 10.3. The van der Waals surface area contributed by atoms with Gasteiger partial charge in [-0.25, -0.2) is 13.1 Å². The molecule has 2 rings (SSSR count). The zero-order chi connectivity index (χ0) is 14.8. The molecular formula is C11H14FN3O4S. The van der Waals surface area contributed by atoms with Gasteiger partial charge >= 0.3 is 5.69 Å². The molecule has 1 aromatic carbocycles. The largest absolute Gasteiger partial charge is 0.324 e. The Balaban J connectivity index is 2.11. The van der Waals surface area contributed by atoms with Gasteiger partial charge in [-0.05, 0) is 25.0 Å². The maximum absolute atomic E-state index is 13.4. The second-order valence-electron chi connectivity index (χ2n) is 4.47. The number of nitro groups is 1. The van der Waals surface area contributed by atoms with Gasteiger partial charge in [-0.15, -0.1) is 0 Å². The SMILES string of the molecule is O=[N+]([O-])c1c(F)cccc1S(=O)(=O)NCCNC1CC1. The van der Waals surface area contributed by atoms with Crippen molar-refractivity contribution < 1.29 is 17.7 Å². The van der Waals surface area contributed by atoms with E-state index in [4.69, 9.17) is 0 Å². The van der Waals surface area contributed by atoms with Crippen molar-refractivity contribution in [2.24, 2.45) is 0 Å². The zero-order valence-electron chi connectivity index (χ0n) is 10.5. The van der Waals surface area contributed by atoms with Gasteiger partial charge < -0.3 is 5.32 Å². The van der Waals surface area contributed by atoms with Crippen molar-refractivity contribution in [2.45, 2.75) is 23.8 Å². The average Bonchev–Trinajstić information content (AvgIpc) is 3.18. The molecule has 1 aromatic rings. The number of nitro benzene ring substituents is 1. The number of nitrogens with zero attached hydrogens (tertiary/aromatic N) is 1. The van der Waals surface area contributed by atoms with Crippen molar-refractivity contribution in [2.75, 3.05) is 13.1 Å². The van der Waals surface area contributed by atoms with E-state index in [0.29, 0.717) is 12.6 Å². The van der Waals surface area contributed by atoms with Crippen LogP contribution in [-0.4, -0.2) is 32.5 Å². The summed E-state index contributed by atoms with van der Waals surface area (Å²) in [5.74, 6) is -1.17. The van der Waals surface area contributed by atoms with Gasteiger partial charge in [0, 0.05) is 19.1 Å². The highest BCUT2D eigenvalue weighted by atomic mass is 32.2. The maximum Gasteiger partial charge on any atom is 0.324 e. The third kappa shape index (κ3) is 3.50. The molecule has 20 heavy (non-hydrogen) atoms. The van der Waals surface area contributed by atoms with Crippen LogP contribution in [0, 0.1) is 15.9 Å². The van der Waals surface area contributed by atoms with Crippen LogP contribution in [-0.2, 0) is 10.0 Å². The Hall–Kier alpha value is -1.58. The Labute approximate surface area is 115 Å². The summed E-state index contributed by atoms with van der Waals surface area (Å²) in [6.45, 7) is 0.513. The average molecular weight is 303 g/mol. The Bertz CT molecular complexity index is 616. The summed E-state index contributed by atoms with van der Waals surface area (Å²) < 4.78 is 39.5. The van der Waals surface area contributed by atoms with Gasteiger partial charge in [0.05, 0.1) is 4.92 Å². The quantitative estimate of drug-likeness (QED) is 0.440. The van der Waals surface area contributed by atoms with E-state index in [9.17, 15) is 22.9 Å². The first kappa shape index (κ1) is 14.8. The summed E-state index contributed by atoms with van der Waals surface area (Å²) in [5.41, 5.74) is -1.03. The highest BCUT2D eigenvalue weighted by molar-refractivity contribution is 7.89. The van der Waals surface area contributed by atoms with Crippen molar-refractivity contribution in [1.82, 2.24) is 10.0 Å². The second-order valence-corrected chi connectivity index (χ2v) is 6.21. The molecule has 0 aromatic heterocycles. The maximum atomic E-state index is 13.4. The lowest BCUT2D eigenvalue weighted by Crippen LogP contribution is -2.33. The third-order valence-electron chi connectivity index (χ3n) is 2.85. The van der Waals surface area contributed by atoms with Gasteiger partial charge in [0.25, 0.3) is 0 Å². The monoisotopic (exact) mass is 303 g/mol. The number of rotatable bonds is 7. The fourth-order valence-corrected chi connectivity index (χ4v) is 2.93. The molecule has 0 aliphatic heterocycles. The van der Waals surface area contributed by atoms with E-state index in [-0.39, 0.29) is 6.54 Å². The predicted molar refractivity (Wildman–Crippen MR) is 69.3 cm³/mol. The van der Waals surface area contributed by atoms with E-state index in [1.165, 1.54) is 0 Å². The van der Waals surface area contributed by atoms with Gasteiger partial charge in [-0.1, -0.05) is 6.07 Å². The number of hydrogen-bond donors (Lipinski definition) is 2. The summed E-state index contributed by atoms with van der Waals surface area (Å²) in [6.07, 6.45) is 2.14. The number of hydrogen-bond acceptors (Lipinski definition) is 5. The van der Waals surface area contributed by atoms with Gasteiger partial charge in [0.2, 0.25) is 15.8 Å². The molecule has 1 fully saturated rings. The molecule has 9 heteroatoms. The zero-order valence-corrected chi connectivity index (χ0v) is 11.3. The molecule has 0 radical (unpaired) electrons. The first-order valence-electron chi connectivity index (χ1n) is 6.08. The van der Waals surface area contributed by atoms with Crippen molar-refractivity contribution in [3.63, 3.8) is 0 Å². The smallest absolute Gasteiger partial charge is 0.313 e. The van der Waals surface area contributed by atoms with Crippen molar-refractivity contribution in [3.05, 3.63) is 34.1 Å². The Morgan fingerprint density at radius 3 is 2.65 bits per heavy atom. The van der Waals surface area contributed by atoms with E-state index in [1.807, 2.05) is 0 Å². The van der Waals surface area contributed by atoms with Crippen molar-refractivity contribution in [3.8, 4) is 0 Å². The number of nitrogens with one attached hydrogen (secondary N) is 2. The lowest BCUT2D eigenvalue weighted by Gasteiger charge is -2.08. The molecule has 2 N–H and O–H groups in total. The molecule has 0 saturated heterocycles. The number of benzene rings is 1. The molecule has 1 aliphatic rings. The molecule has 0 heterocycles. The Morgan fingerprint density at radius 1 is 1.35 bits per heavy atom. The van der Waals surface area contributed by atoms with Crippen molar-refractivity contribution in [1.29, 1.82) is 0 Å². The van der Waals surface area contributed by atoms with Crippen LogP contribution in [0.15, 0.2) is 23.1 Å². The molecule has 0 amide bonds. The minimum atomic E-state index is -4.11. The summed E-state index contributed by atoms with van der Waals surface area (Å²) in [7, 11) is -4.11. The fourth-order valence-electron chi connectivity index (χ4n) is 1.72. The van der Waals surface area contributed by atoms with Crippen LogP contribution in [0.1, 0.15) is 12.8 Å². The highest BCUT2D eigenvalue weighted by Crippen LogP contribution is 2.26. The first-order chi connectivity index (χ1) is 9.42. The topological polar surface area (TPSA) is 101 Å². The summed E-state index contributed by atoms with van der Waals surface area (Å²) in [5, 5.41) is 13.9. The van der Waals surface area contributed by atoms with E-state index < -0.39 is 31.3 Å². The van der Waals surface area contributed by atoms with Gasteiger partial charge in [-0.2, -0.15) is 4.39 Å². The second kappa shape index (κ2) is 5.81. The summed E-state index contributed by atoms with van der Waals surface area (Å²) >= 11 is 0. The highest BCUT2D eigenvalue weighted by Gasteiger charge is 2.29. The fraction of sp³-hybridized carbons (Fsp3) is 0.455. The van der Waals surface area contributed by atoms with Crippen LogP contribution in [0.3, 0.4) is 0 Å². The summed E-state index contributed by atoms with van der Waals surface area (Å²) in [6, 6.07) is 3.42. The van der Waals surface area contributed by atoms with Crippen LogP contribution in [0.2, 0.25) is 0 Å². The minimum Gasteiger partial charge on any atom is -0.313 e. The number of halogens is 1. The minimum absolute atomic E-state index is 0.0898. The number of para-hydroxylation sites is 1. The molecule has 0 unspecified atom stereocenters. The number of sulfonamides is 1. The molecule has 0 bridgehead atoms. The Morgan fingerprint density at radius 2 is 2.05 bits per heavy atom. The lowest BCUT2D eigenvalue weighted by molar-refractivity contribution is -0.390. The van der Waals surface area contributed by atoms with Crippen LogP contribution in [0.25, 0.3) is 0 Å². The van der Waals surface area contributed by atoms with Crippen LogP contribution in [0.5, 0.6) is 0 Å². The molecule has 1 saturated carbocycles. The van der Waals surface area contributed by atoms with Crippen molar-refractivity contribution >= 4 is 15.7 Å². The third-order valence-corrected chi connectivity index (χ3v) is 4.34.